The first-order chi connectivity index (χ1) is 7.93. The number of carbonyl (C=O) groups is 1. The quantitative estimate of drug-likeness (QED) is 0.841. The number of halogens is 1. The van der Waals surface area contributed by atoms with Crippen molar-refractivity contribution in [2.45, 2.75) is 20.8 Å². The van der Waals surface area contributed by atoms with Crippen LogP contribution in [-0.2, 0) is 0 Å². The zero-order valence-electron chi connectivity index (χ0n) is 10.4. The standard InChI is InChI=1S/C12H18ClN3O/c1-4-16(7-8(2)3)12(17)9-5-10(13)15-11(14)6-9/h5-6,8H,4,7H2,1-3H3,(H2,14,15). The SMILES string of the molecule is CCN(CC(C)C)C(=O)c1cc(N)nc(Cl)c1. The third-order valence-corrected chi connectivity index (χ3v) is 2.51. The van der Waals surface area contributed by atoms with Gasteiger partial charge >= 0.3 is 0 Å². The van der Waals surface area contributed by atoms with Crippen LogP contribution >= 0.6 is 11.6 Å². The third kappa shape index (κ3) is 3.89. The van der Waals surface area contributed by atoms with Crippen molar-refractivity contribution in [2.24, 2.45) is 5.92 Å². The molecule has 0 saturated heterocycles. The highest BCUT2D eigenvalue weighted by molar-refractivity contribution is 6.29. The Morgan fingerprint density at radius 1 is 1.53 bits per heavy atom. The maximum atomic E-state index is 12.2. The van der Waals surface area contributed by atoms with E-state index in [0.717, 1.165) is 6.54 Å². The molecule has 17 heavy (non-hydrogen) atoms. The fourth-order valence-corrected chi connectivity index (χ4v) is 1.83. The van der Waals surface area contributed by atoms with Crippen LogP contribution < -0.4 is 5.73 Å². The molecule has 0 radical (unpaired) electrons. The Balaban J connectivity index is 2.93. The first-order valence-electron chi connectivity index (χ1n) is 5.66. The number of rotatable bonds is 4. The van der Waals surface area contributed by atoms with Crippen molar-refractivity contribution < 1.29 is 4.79 Å². The number of hydrogen-bond donors (Lipinski definition) is 1. The summed E-state index contributed by atoms with van der Waals surface area (Å²) in [6, 6.07) is 3.10. The van der Waals surface area contributed by atoms with E-state index < -0.39 is 0 Å². The summed E-state index contributed by atoms with van der Waals surface area (Å²) in [5.41, 5.74) is 6.06. The van der Waals surface area contributed by atoms with E-state index in [0.29, 0.717) is 18.0 Å². The Labute approximate surface area is 107 Å². The molecule has 0 aromatic carbocycles. The Bertz CT molecular complexity index is 386. The smallest absolute Gasteiger partial charge is 0.254 e. The second-order valence-electron chi connectivity index (χ2n) is 4.34. The predicted molar refractivity (Wildman–Crippen MR) is 70.1 cm³/mol. The number of anilines is 1. The molecule has 4 nitrogen and oxygen atoms in total. The van der Waals surface area contributed by atoms with Gasteiger partial charge in [0.15, 0.2) is 0 Å². The molecule has 94 valence electrons. The van der Waals surface area contributed by atoms with Crippen molar-refractivity contribution in [1.29, 1.82) is 0 Å². The minimum Gasteiger partial charge on any atom is -0.384 e. The molecule has 0 saturated carbocycles. The van der Waals surface area contributed by atoms with Gasteiger partial charge in [-0.25, -0.2) is 4.98 Å². The summed E-state index contributed by atoms with van der Waals surface area (Å²) in [6.45, 7) is 7.48. The van der Waals surface area contributed by atoms with Crippen molar-refractivity contribution in [3.05, 3.63) is 22.8 Å². The van der Waals surface area contributed by atoms with E-state index in [4.69, 9.17) is 17.3 Å². The van der Waals surface area contributed by atoms with Gasteiger partial charge in [0.1, 0.15) is 11.0 Å². The van der Waals surface area contributed by atoms with E-state index in [1.165, 1.54) is 0 Å². The van der Waals surface area contributed by atoms with Gasteiger partial charge in [-0.2, -0.15) is 0 Å². The molecule has 0 aliphatic carbocycles. The number of nitrogen functional groups attached to an aromatic ring is 1. The fraction of sp³-hybridized carbons (Fsp3) is 0.500. The van der Waals surface area contributed by atoms with Crippen LogP contribution in [-0.4, -0.2) is 28.9 Å². The summed E-state index contributed by atoms with van der Waals surface area (Å²) in [4.78, 5) is 17.8. The minimum absolute atomic E-state index is 0.0581. The van der Waals surface area contributed by atoms with Gasteiger partial charge < -0.3 is 10.6 Å². The molecular weight excluding hydrogens is 238 g/mol. The molecule has 0 atom stereocenters. The van der Waals surface area contributed by atoms with Crippen molar-refractivity contribution in [3.63, 3.8) is 0 Å². The van der Waals surface area contributed by atoms with Gasteiger partial charge in [-0.1, -0.05) is 25.4 Å². The second-order valence-corrected chi connectivity index (χ2v) is 4.73. The lowest BCUT2D eigenvalue weighted by Gasteiger charge is -2.23. The van der Waals surface area contributed by atoms with Gasteiger partial charge in [-0.05, 0) is 25.0 Å². The monoisotopic (exact) mass is 255 g/mol. The van der Waals surface area contributed by atoms with E-state index in [9.17, 15) is 4.79 Å². The molecule has 0 unspecified atom stereocenters. The van der Waals surface area contributed by atoms with Crippen LogP contribution in [0.4, 0.5) is 5.82 Å². The van der Waals surface area contributed by atoms with E-state index >= 15 is 0 Å². The summed E-state index contributed by atoms with van der Waals surface area (Å²) < 4.78 is 0. The Kier molecular flexibility index (Phi) is 4.75. The molecule has 1 rings (SSSR count). The summed E-state index contributed by atoms with van der Waals surface area (Å²) in [6.07, 6.45) is 0. The number of amides is 1. The van der Waals surface area contributed by atoms with Crippen molar-refractivity contribution in [2.75, 3.05) is 18.8 Å². The lowest BCUT2D eigenvalue weighted by Crippen LogP contribution is -2.34. The Hall–Kier alpha value is -1.29. The molecule has 0 aliphatic rings. The summed E-state index contributed by atoms with van der Waals surface area (Å²) in [5, 5.41) is 0.244. The van der Waals surface area contributed by atoms with Gasteiger partial charge in [0.05, 0.1) is 0 Å². The normalized spacial score (nSPS) is 10.6. The van der Waals surface area contributed by atoms with Crippen LogP contribution in [0.5, 0.6) is 0 Å². The van der Waals surface area contributed by atoms with Gasteiger partial charge in [-0.15, -0.1) is 0 Å². The number of nitrogens with two attached hydrogens (primary N) is 1. The van der Waals surface area contributed by atoms with Gasteiger partial charge in [0.25, 0.3) is 5.91 Å². The van der Waals surface area contributed by atoms with Gasteiger partial charge in [-0.3, -0.25) is 4.79 Å². The van der Waals surface area contributed by atoms with E-state index in [2.05, 4.69) is 18.8 Å². The topological polar surface area (TPSA) is 59.2 Å². The van der Waals surface area contributed by atoms with Crippen LogP contribution in [0, 0.1) is 5.92 Å². The maximum absolute atomic E-state index is 12.2. The molecule has 0 spiro atoms. The fourth-order valence-electron chi connectivity index (χ4n) is 1.62. The van der Waals surface area contributed by atoms with Crippen LogP contribution in [0.3, 0.4) is 0 Å². The zero-order chi connectivity index (χ0) is 13.0. The average Bonchev–Trinajstić information content (AvgIpc) is 2.23. The molecular formula is C12H18ClN3O. The van der Waals surface area contributed by atoms with Crippen molar-refractivity contribution >= 4 is 23.3 Å². The predicted octanol–water partition coefficient (Wildman–Crippen LogP) is 2.44. The molecule has 1 amide bonds. The average molecular weight is 256 g/mol. The first kappa shape index (κ1) is 13.8. The number of carbonyl (C=O) groups excluding carboxylic acids is 1. The number of pyridine rings is 1. The zero-order valence-corrected chi connectivity index (χ0v) is 11.2. The maximum Gasteiger partial charge on any atom is 0.254 e. The van der Waals surface area contributed by atoms with Crippen LogP contribution in [0.25, 0.3) is 0 Å². The highest BCUT2D eigenvalue weighted by Crippen LogP contribution is 2.15. The number of aromatic nitrogens is 1. The number of hydrogen-bond acceptors (Lipinski definition) is 3. The van der Waals surface area contributed by atoms with E-state index in [1.807, 2.05) is 6.92 Å². The number of nitrogens with zero attached hydrogens (tertiary/aromatic N) is 2. The molecule has 2 N–H and O–H groups in total. The lowest BCUT2D eigenvalue weighted by atomic mass is 10.1. The van der Waals surface area contributed by atoms with Crippen molar-refractivity contribution in [3.8, 4) is 0 Å². The second kappa shape index (κ2) is 5.87. The molecule has 1 aromatic heterocycles. The Morgan fingerprint density at radius 3 is 2.65 bits per heavy atom. The minimum atomic E-state index is -0.0581. The summed E-state index contributed by atoms with van der Waals surface area (Å²) in [7, 11) is 0. The highest BCUT2D eigenvalue weighted by Gasteiger charge is 2.16. The highest BCUT2D eigenvalue weighted by atomic mass is 35.5. The van der Waals surface area contributed by atoms with E-state index in [1.54, 1.807) is 17.0 Å². The molecule has 0 fully saturated rings. The van der Waals surface area contributed by atoms with Gasteiger partial charge in [0, 0.05) is 18.7 Å². The Morgan fingerprint density at radius 2 is 2.18 bits per heavy atom. The molecule has 1 aromatic rings. The summed E-state index contributed by atoms with van der Waals surface area (Å²) in [5.74, 6) is 0.632. The van der Waals surface area contributed by atoms with Crippen molar-refractivity contribution in [1.82, 2.24) is 9.88 Å². The van der Waals surface area contributed by atoms with Crippen LogP contribution in [0.2, 0.25) is 5.15 Å². The first-order valence-corrected chi connectivity index (χ1v) is 6.04. The van der Waals surface area contributed by atoms with Gasteiger partial charge in [0.2, 0.25) is 0 Å². The molecule has 1 heterocycles. The molecule has 5 heteroatoms. The third-order valence-electron chi connectivity index (χ3n) is 2.32. The molecule has 0 aliphatic heterocycles. The van der Waals surface area contributed by atoms with Crippen LogP contribution in [0.15, 0.2) is 12.1 Å². The molecule has 0 bridgehead atoms. The largest absolute Gasteiger partial charge is 0.384 e. The van der Waals surface area contributed by atoms with E-state index in [-0.39, 0.29) is 16.9 Å². The lowest BCUT2D eigenvalue weighted by molar-refractivity contribution is 0.0745. The van der Waals surface area contributed by atoms with Crippen LogP contribution in [0.1, 0.15) is 31.1 Å². The summed E-state index contributed by atoms with van der Waals surface area (Å²) >= 11 is 5.79.